The van der Waals surface area contributed by atoms with Gasteiger partial charge in [0.15, 0.2) is 5.13 Å². The van der Waals surface area contributed by atoms with Crippen LogP contribution in [0.15, 0.2) is 18.2 Å². The van der Waals surface area contributed by atoms with E-state index in [4.69, 9.17) is 23.2 Å². The second-order valence-corrected chi connectivity index (χ2v) is 4.49. The van der Waals surface area contributed by atoms with Crippen molar-refractivity contribution >= 4 is 55.8 Å². The van der Waals surface area contributed by atoms with E-state index >= 15 is 0 Å². The first-order valence-electron chi connectivity index (χ1n) is 4.11. The maximum atomic E-state index is 11.0. The van der Waals surface area contributed by atoms with Crippen molar-refractivity contribution in [2.45, 2.75) is 0 Å². The quantitative estimate of drug-likeness (QED) is 0.844. The molecule has 1 heterocycles. The van der Waals surface area contributed by atoms with E-state index in [1.54, 1.807) is 6.07 Å². The van der Waals surface area contributed by atoms with Crippen molar-refractivity contribution < 1.29 is 4.79 Å². The molecule has 1 N–H and O–H groups in total. The molecule has 78 valence electrons. The average molecular weight is 261 g/mol. The number of aromatic nitrogens is 1. The zero-order chi connectivity index (χ0) is 10.8. The molecule has 6 heteroatoms. The molecule has 0 aliphatic heterocycles. The van der Waals surface area contributed by atoms with E-state index in [1.165, 1.54) is 11.3 Å². The van der Waals surface area contributed by atoms with Crippen molar-refractivity contribution in [2.24, 2.45) is 0 Å². The Morgan fingerprint density at radius 3 is 3.00 bits per heavy atom. The van der Waals surface area contributed by atoms with Crippen LogP contribution in [-0.2, 0) is 4.79 Å². The summed E-state index contributed by atoms with van der Waals surface area (Å²) >= 11 is 12.7. The smallest absolute Gasteiger partial charge is 0.241 e. The first-order chi connectivity index (χ1) is 7.20. The number of carbonyl (C=O) groups excluding carboxylic acids is 1. The Balaban J connectivity index is 2.39. The topological polar surface area (TPSA) is 42.0 Å². The van der Waals surface area contributed by atoms with Gasteiger partial charge in [0, 0.05) is 0 Å². The Labute approximate surface area is 100 Å². The molecule has 1 aromatic carbocycles. The number of halogens is 2. The molecule has 1 amide bonds. The molecular formula is C9H6Cl2N2OS. The molecule has 15 heavy (non-hydrogen) atoms. The largest absolute Gasteiger partial charge is 0.301 e. The van der Waals surface area contributed by atoms with Gasteiger partial charge >= 0.3 is 0 Å². The van der Waals surface area contributed by atoms with Gasteiger partial charge in [-0.1, -0.05) is 29.0 Å². The summed E-state index contributed by atoms with van der Waals surface area (Å²) in [5.74, 6) is -0.351. The molecule has 0 atom stereocenters. The van der Waals surface area contributed by atoms with Gasteiger partial charge in [-0.05, 0) is 12.1 Å². The van der Waals surface area contributed by atoms with Crippen LogP contribution in [0, 0.1) is 0 Å². The number of amides is 1. The third-order valence-corrected chi connectivity index (χ3v) is 3.22. The minimum atomic E-state index is -0.271. The van der Waals surface area contributed by atoms with E-state index < -0.39 is 0 Å². The van der Waals surface area contributed by atoms with Gasteiger partial charge < -0.3 is 5.32 Å². The highest BCUT2D eigenvalue weighted by Gasteiger charge is 2.08. The van der Waals surface area contributed by atoms with Crippen LogP contribution in [-0.4, -0.2) is 16.8 Å². The third-order valence-electron chi connectivity index (χ3n) is 1.74. The number of carbonyl (C=O) groups is 1. The van der Waals surface area contributed by atoms with Gasteiger partial charge in [-0.3, -0.25) is 4.79 Å². The van der Waals surface area contributed by atoms with Gasteiger partial charge in [0.1, 0.15) is 11.4 Å². The van der Waals surface area contributed by atoms with Crippen LogP contribution in [0.4, 0.5) is 5.13 Å². The summed E-state index contributed by atoms with van der Waals surface area (Å²) in [4.78, 5) is 15.2. The molecule has 2 aromatic rings. The van der Waals surface area contributed by atoms with E-state index in [1.807, 2.05) is 12.1 Å². The summed E-state index contributed by atoms with van der Waals surface area (Å²) in [6.45, 7) is 0. The highest BCUT2D eigenvalue weighted by atomic mass is 35.5. The van der Waals surface area contributed by atoms with Crippen LogP contribution in [0.25, 0.3) is 10.2 Å². The van der Waals surface area contributed by atoms with Crippen molar-refractivity contribution in [2.75, 3.05) is 11.2 Å². The number of anilines is 1. The molecule has 0 saturated carbocycles. The predicted octanol–water partition coefficient (Wildman–Crippen LogP) is 3.13. The van der Waals surface area contributed by atoms with Gasteiger partial charge in [-0.2, -0.15) is 0 Å². The van der Waals surface area contributed by atoms with Crippen molar-refractivity contribution in [3.8, 4) is 0 Å². The maximum Gasteiger partial charge on any atom is 0.241 e. The van der Waals surface area contributed by atoms with Crippen LogP contribution in [0.5, 0.6) is 0 Å². The van der Waals surface area contributed by atoms with Gasteiger partial charge in [-0.25, -0.2) is 4.98 Å². The number of fused-ring (bicyclic) bond motifs is 1. The zero-order valence-corrected chi connectivity index (χ0v) is 9.79. The molecule has 3 nitrogen and oxygen atoms in total. The fourth-order valence-electron chi connectivity index (χ4n) is 1.12. The van der Waals surface area contributed by atoms with E-state index in [0.717, 1.165) is 4.70 Å². The summed E-state index contributed by atoms with van der Waals surface area (Å²) in [5.41, 5.74) is 0.703. The lowest BCUT2D eigenvalue weighted by atomic mass is 10.3. The summed E-state index contributed by atoms with van der Waals surface area (Å²) in [6.07, 6.45) is 0. The number of hydrogen-bond donors (Lipinski definition) is 1. The van der Waals surface area contributed by atoms with Gasteiger partial charge in [0.05, 0.1) is 9.72 Å². The standard InChI is InChI=1S/C9H6Cl2N2OS/c10-4-7(14)12-9-13-8-5(11)2-1-3-6(8)15-9/h1-3H,4H2,(H,12,13,14). The molecule has 0 aliphatic carbocycles. The van der Waals surface area contributed by atoms with Crippen LogP contribution >= 0.6 is 34.5 Å². The molecule has 0 aliphatic rings. The molecule has 0 spiro atoms. The number of hydrogen-bond acceptors (Lipinski definition) is 3. The minimum Gasteiger partial charge on any atom is -0.301 e. The van der Waals surface area contributed by atoms with Crippen molar-refractivity contribution in [3.63, 3.8) is 0 Å². The highest BCUT2D eigenvalue weighted by molar-refractivity contribution is 7.22. The summed E-state index contributed by atoms with van der Waals surface area (Å²) in [5, 5.41) is 3.68. The SMILES string of the molecule is O=C(CCl)Nc1nc2c(Cl)cccc2s1. The van der Waals surface area contributed by atoms with Gasteiger partial charge in [0.2, 0.25) is 5.91 Å². The molecule has 1 aromatic heterocycles. The third kappa shape index (κ3) is 2.22. The Hall–Kier alpha value is -0.840. The monoisotopic (exact) mass is 260 g/mol. The lowest BCUT2D eigenvalue weighted by Crippen LogP contribution is -2.11. The number of alkyl halides is 1. The van der Waals surface area contributed by atoms with Crippen LogP contribution < -0.4 is 5.32 Å². The first kappa shape index (κ1) is 10.7. The first-order valence-corrected chi connectivity index (χ1v) is 5.84. The molecule has 0 fully saturated rings. The second-order valence-electron chi connectivity index (χ2n) is 2.79. The number of nitrogens with zero attached hydrogens (tertiary/aromatic N) is 1. The van der Waals surface area contributed by atoms with E-state index in [9.17, 15) is 4.79 Å². The van der Waals surface area contributed by atoms with Crippen LogP contribution in [0.3, 0.4) is 0 Å². The summed E-state index contributed by atoms with van der Waals surface area (Å²) < 4.78 is 0.937. The molecule has 0 bridgehead atoms. The van der Waals surface area contributed by atoms with Crippen molar-refractivity contribution in [1.29, 1.82) is 0 Å². The lowest BCUT2D eigenvalue weighted by Gasteiger charge is -1.94. The number of thiazole rings is 1. The number of nitrogens with one attached hydrogen (secondary N) is 1. The van der Waals surface area contributed by atoms with Gasteiger partial charge in [-0.15, -0.1) is 11.6 Å². The van der Waals surface area contributed by atoms with Gasteiger partial charge in [0.25, 0.3) is 0 Å². The van der Waals surface area contributed by atoms with E-state index in [-0.39, 0.29) is 11.8 Å². The minimum absolute atomic E-state index is 0.0797. The van der Waals surface area contributed by atoms with E-state index in [2.05, 4.69) is 10.3 Å². The second kappa shape index (κ2) is 4.35. The zero-order valence-electron chi connectivity index (χ0n) is 7.46. The Bertz CT molecular complexity index is 512. The summed E-state index contributed by atoms with van der Waals surface area (Å²) in [6, 6.07) is 5.50. The molecule has 0 radical (unpaired) electrons. The maximum absolute atomic E-state index is 11.0. The fraction of sp³-hybridized carbons (Fsp3) is 0.111. The average Bonchev–Trinajstić information content (AvgIpc) is 2.62. The van der Waals surface area contributed by atoms with Crippen LogP contribution in [0.2, 0.25) is 5.02 Å². The Morgan fingerprint density at radius 2 is 2.33 bits per heavy atom. The number of para-hydroxylation sites is 1. The normalized spacial score (nSPS) is 10.5. The highest BCUT2D eigenvalue weighted by Crippen LogP contribution is 2.30. The predicted molar refractivity (Wildman–Crippen MR) is 64.0 cm³/mol. The number of rotatable bonds is 2. The van der Waals surface area contributed by atoms with Crippen LogP contribution in [0.1, 0.15) is 0 Å². The molecular weight excluding hydrogens is 255 g/mol. The molecule has 0 saturated heterocycles. The van der Waals surface area contributed by atoms with Crippen molar-refractivity contribution in [3.05, 3.63) is 23.2 Å². The van der Waals surface area contributed by atoms with E-state index in [0.29, 0.717) is 15.7 Å². The van der Waals surface area contributed by atoms with Crippen molar-refractivity contribution in [1.82, 2.24) is 4.98 Å². The molecule has 0 unspecified atom stereocenters. The Kier molecular flexibility index (Phi) is 3.09. The fourth-order valence-corrected chi connectivity index (χ4v) is 2.37. The summed E-state index contributed by atoms with van der Waals surface area (Å²) in [7, 11) is 0. The molecule has 2 rings (SSSR count). The lowest BCUT2D eigenvalue weighted by molar-refractivity contribution is -0.113. The number of benzene rings is 1. The Morgan fingerprint density at radius 1 is 1.53 bits per heavy atom.